The van der Waals surface area contributed by atoms with E-state index >= 15 is 0 Å². The molecule has 0 radical (unpaired) electrons. The normalized spacial score (nSPS) is 12.0. The molecule has 18 heavy (non-hydrogen) atoms. The summed E-state index contributed by atoms with van der Waals surface area (Å²) in [7, 11) is 0. The fourth-order valence-electron chi connectivity index (χ4n) is 1.72. The van der Waals surface area contributed by atoms with Crippen molar-refractivity contribution in [3.05, 3.63) is 41.6 Å². The molecule has 0 aliphatic heterocycles. The third kappa shape index (κ3) is 3.23. The Morgan fingerprint density at radius 1 is 1.33 bits per heavy atom. The average Bonchev–Trinajstić information content (AvgIpc) is 2.86. The van der Waals surface area contributed by atoms with E-state index in [1.807, 2.05) is 29.9 Å². The summed E-state index contributed by atoms with van der Waals surface area (Å²) >= 11 is 0. The van der Waals surface area contributed by atoms with Gasteiger partial charge in [-0.2, -0.15) is 5.10 Å². The van der Waals surface area contributed by atoms with Gasteiger partial charge in [0.1, 0.15) is 5.76 Å². The summed E-state index contributed by atoms with van der Waals surface area (Å²) in [5.74, 6) is 0.971. The summed E-state index contributed by atoms with van der Waals surface area (Å²) in [6, 6.07) is 4.02. The summed E-state index contributed by atoms with van der Waals surface area (Å²) in [5.41, 5.74) is 2.44. The van der Waals surface area contributed by atoms with Crippen LogP contribution in [0, 0.1) is 6.92 Å². The predicted octanol–water partition coefficient (Wildman–Crippen LogP) is 2.72. The van der Waals surface area contributed by atoms with Gasteiger partial charge in [0.15, 0.2) is 0 Å². The molecule has 0 spiro atoms. The van der Waals surface area contributed by atoms with Crippen molar-refractivity contribution in [3.63, 3.8) is 0 Å². The summed E-state index contributed by atoms with van der Waals surface area (Å²) < 4.78 is 7.50. The van der Waals surface area contributed by atoms with E-state index in [1.54, 1.807) is 6.26 Å². The first-order valence-electron chi connectivity index (χ1n) is 6.24. The van der Waals surface area contributed by atoms with Crippen LogP contribution in [0.2, 0.25) is 0 Å². The van der Waals surface area contributed by atoms with Crippen molar-refractivity contribution in [1.82, 2.24) is 15.1 Å². The Balaban J connectivity index is 2.06. The van der Waals surface area contributed by atoms with Gasteiger partial charge in [-0.25, -0.2) is 0 Å². The first-order chi connectivity index (χ1) is 8.46. The molecule has 0 unspecified atom stereocenters. The number of nitrogens with one attached hydrogen (secondary N) is 1. The first kappa shape index (κ1) is 12.9. The fraction of sp³-hybridized carbons (Fsp3) is 0.500. The van der Waals surface area contributed by atoms with Crippen LogP contribution in [0.5, 0.6) is 0 Å². The standard InChI is InChI=1S/C14H21N3O/c1-11-5-7-16-17(11)10-13-12(6-8-18-13)9-15-14(2,3)4/h5-8,15H,9-10H2,1-4H3. The maximum Gasteiger partial charge on any atom is 0.129 e. The molecule has 0 saturated heterocycles. The van der Waals surface area contributed by atoms with Gasteiger partial charge in [-0.3, -0.25) is 4.68 Å². The molecule has 0 aliphatic carbocycles. The van der Waals surface area contributed by atoms with E-state index in [9.17, 15) is 0 Å². The number of rotatable bonds is 4. The maximum absolute atomic E-state index is 5.56. The van der Waals surface area contributed by atoms with Crippen LogP contribution in [0.25, 0.3) is 0 Å². The van der Waals surface area contributed by atoms with Crippen molar-refractivity contribution in [2.45, 2.75) is 46.3 Å². The Morgan fingerprint density at radius 3 is 2.72 bits per heavy atom. The van der Waals surface area contributed by atoms with E-state index in [1.165, 1.54) is 5.56 Å². The van der Waals surface area contributed by atoms with Gasteiger partial charge in [0, 0.05) is 29.5 Å². The Hall–Kier alpha value is -1.55. The Bertz CT molecular complexity index is 505. The van der Waals surface area contributed by atoms with Gasteiger partial charge in [-0.15, -0.1) is 0 Å². The van der Waals surface area contributed by atoms with Crippen molar-refractivity contribution in [3.8, 4) is 0 Å². The van der Waals surface area contributed by atoms with E-state index in [0.29, 0.717) is 6.54 Å². The smallest absolute Gasteiger partial charge is 0.129 e. The van der Waals surface area contributed by atoms with Gasteiger partial charge in [0.2, 0.25) is 0 Å². The molecule has 4 nitrogen and oxygen atoms in total. The highest BCUT2D eigenvalue weighted by molar-refractivity contribution is 5.18. The van der Waals surface area contributed by atoms with Crippen LogP contribution >= 0.6 is 0 Å². The first-order valence-corrected chi connectivity index (χ1v) is 6.24. The number of aromatic nitrogens is 2. The summed E-state index contributed by atoms with van der Waals surface area (Å²) in [6.45, 7) is 10.0. The molecule has 2 heterocycles. The lowest BCUT2D eigenvalue weighted by Gasteiger charge is -2.20. The third-order valence-corrected chi connectivity index (χ3v) is 2.87. The fourth-order valence-corrected chi connectivity index (χ4v) is 1.72. The van der Waals surface area contributed by atoms with E-state index in [2.05, 4.69) is 31.2 Å². The van der Waals surface area contributed by atoms with Gasteiger partial charge in [-0.05, 0) is 39.8 Å². The van der Waals surface area contributed by atoms with Gasteiger partial charge in [-0.1, -0.05) is 0 Å². The third-order valence-electron chi connectivity index (χ3n) is 2.87. The minimum atomic E-state index is 0.107. The molecular weight excluding hydrogens is 226 g/mol. The van der Waals surface area contributed by atoms with E-state index < -0.39 is 0 Å². The summed E-state index contributed by atoms with van der Waals surface area (Å²) in [4.78, 5) is 0. The molecule has 0 aromatic carbocycles. The lowest BCUT2D eigenvalue weighted by Crippen LogP contribution is -2.35. The Kier molecular flexibility index (Phi) is 3.57. The molecular formula is C14H21N3O. The van der Waals surface area contributed by atoms with Crippen LogP contribution in [0.3, 0.4) is 0 Å². The molecule has 0 bridgehead atoms. The highest BCUT2D eigenvalue weighted by Crippen LogP contribution is 2.14. The number of furan rings is 1. The lowest BCUT2D eigenvalue weighted by molar-refractivity contribution is 0.415. The number of nitrogens with zero attached hydrogens (tertiary/aromatic N) is 2. The monoisotopic (exact) mass is 247 g/mol. The van der Waals surface area contributed by atoms with Gasteiger partial charge >= 0.3 is 0 Å². The number of hydrogen-bond acceptors (Lipinski definition) is 3. The van der Waals surface area contributed by atoms with Gasteiger partial charge < -0.3 is 9.73 Å². The zero-order valence-electron chi connectivity index (χ0n) is 11.5. The summed E-state index contributed by atoms with van der Waals surface area (Å²) in [5, 5.41) is 7.75. The maximum atomic E-state index is 5.56. The topological polar surface area (TPSA) is 43.0 Å². The Morgan fingerprint density at radius 2 is 2.11 bits per heavy atom. The van der Waals surface area contributed by atoms with E-state index in [0.717, 1.165) is 18.0 Å². The highest BCUT2D eigenvalue weighted by atomic mass is 16.3. The van der Waals surface area contributed by atoms with Crippen LogP contribution < -0.4 is 5.32 Å². The van der Waals surface area contributed by atoms with Gasteiger partial charge in [0.05, 0.1) is 12.8 Å². The van der Waals surface area contributed by atoms with Crippen LogP contribution in [0.1, 0.15) is 37.8 Å². The number of hydrogen-bond donors (Lipinski definition) is 1. The quantitative estimate of drug-likeness (QED) is 0.903. The second kappa shape index (κ2) is 4.98. The van der Waals surface area contributed by atoms with Crippen molar-refractivity contribution >= 4 is 0 Å². The number of aryl methyl sites for hydroxylation is 1. The lowest BCUT2D eigenvalue weighted by atomic mass is 10.1. The second-order valence-electron chi connectivity index (χ2n) is 5.60. The average molecular weight is 247 g/mol. The summed E-state index contributed by atoms with van der Waals surface area (Å²) in [6.07, 6.45) is 3.55. The second-order valence-corrected chi connectivity index (χ2v) is 5.60. The van der Waals surface area contributed by atoms with Crippen LogP contribution in [0.15, 0.2) is 29.0 Å². The molecule has 0 atom stereocenters. The van der Waals surface area contributed by atoms with Crippen LogP contribution in [-0.2, 0) is 13.1 Å². The zero-order chi connectivity index (χ0) is 13.2. The molecule has 98 valence electrons. The predicted molar refractivity (Wildman–Crippen MR) is 71.4 cm³/mol. The van der Waals surface area contributed by atoms with Crippen LogP contribution in [0.4, 0.5) is 0 Å². The van der Waals surface area contributed by atoms with E-state index in [-0.39, 0.29) is 5.54 Å². The molecule has 1 N–H and O–H groups in total. The van der Waals surface area contributed by atoms with E-state index in [4.69, 9.17) is 4.42 Å². The highest BCUT2D eigenvalue weighted by Gasteiger charge is 2.13. The van der Waals surface area contributed by atoms with Crippen molar-refractivity contribution < 1.29 is 4.42 Å². The molecule has 2 rings (SSSR count). The molecule has 0 amide bonds. The molecule has 2 aromatic heterocycles. The zero-order valence-corrected chi connectivity index (χ0v) is 11.5. The molecule has 0 saturated carbocycles. The molecule has 2 aromatic rings. The van der Waals surface area contributed by atoms with Crippen LogP contribution in [-0.4, -0.2) is 15.3 Å². The van der Waals surface area contributed by atoms with Crippen molar-refractivity contribution in [1.29, 1.82) is 0 Å². The molecule has 4 heteroatoms. The largest absolute Gasteiger partial charge is 0.467 e. The molecule has 0 fully saturated rings. The van der Waals surface area contributed by atoms with Gasteiger partial charge in [0.25, 0.3) is 0 Å². The Labute approximate surface area is 108 Å². The minimum Gasteiger partial charge on any atom is -0.467 e. The van der Waals surface area contributed by atoms with Crippen molar-refractivity contribution in [2.24, 2.45) is 0 Å². The minimum absolute atomic E-state index is 0.107. The molecule has 0 aliphatic rings. The SMILES string of the molecule is Cc1ccnn1Cc1occc1CNC(C)(C)C. The van der Waals surface area contributed by atoms with Crippen molar-refractivity contribution in [2.75, 3.05) is 0 Å².